The maximum absolute atomic E-state index is 5.85. The number of nitrogens with zero attached hydrogens (tertiary/aromatic N) is 1. The third kappa shape index (κ3) is 2.14. The Morgan fingerprint density at radius 1 is 1.17 bits per heavy atom. The average Bonchev–Trinajstić information content (AvgIpc) is 3.14. The fraction of sp³-hybridized carbons (Fsp3) is 0.333. The van der Waals surface area contributed by atoms with Gasteiger partial charge in [-0.2, -0.15) is 0 Å². The summed E-state index contributed by atoms with van der Waals surface area (Å²) in [4.78, 5) is 0. The van der Waals surface area contributed by atoms with E-state index in [2.05, 4.69) is 36.6 Å². The number of hydrogen-bond acceptors (Lipinski definition) is 2. The standard InChI is InChI=1S/C15H17NO2/c1-11-7-8-12(2)16(11)14-5-3-4-6-15(14)18-10-13-9-17-13/h3-8,13H,9-10H2,1-2H3. The Labute approximate surface area is 107 Å². The van der Waals surface area contributed by atoms with Crippen LogP contribution in [-0.2, 0) is 4.74 Å². The summed E-state index contributed by atoms with van der Waals surface area (Å²) in [6.45, 7) is 5.67. The molecule has 1 atom stereocenters. The Hall–Kier alpha value is -1.74. The van der Waals surface area contributed by atoms with Gasteiger partial charge in [0.25, 0.3) is 0 Å². The molecular weight excluding hydrogens is 226 g/mol. The van der Waals surface area contributed by atoms with Crippen LogP contribution in [0.15, 0.2) is 36.4 Å². The van der Waals surface area contributed by atoms with E-state index in [4.69, 9.17) is 9.47 Å². The van der Waals surface area contributed by atoms with Crippen molar-refractivity contribution in [2.45, 2.75) is 20.0 Å². The third-order valence-corrected chi connectivity index (χ3v) is 3.20. The van der Waals surface area contributed by atoms with Gasteiger partial charge in [0.1, 0.15) is 18.5 Å². The highest BCUT2D eigenvalue weighted by Crippen LogP contribution is 2.27. The maximum atomic E-state index is 5.85. The molecule has 3 rings (SSSR count). The van der Waals surface area contributed by atoms with Gasteiger partial charge in [0, 0.05) is 11.4 Å². The van der Waals surface area contributed by atoms with Gasteiger partial charge in [-0.1, -0.05) is 12.1 Å². The number of hydrogen-bond donors (Lipinski definition) is 0. The van der Waals surface area contributed by atoms with E-state index in [0.29, 0.717) is 6.61 Å². The summed E-state index contributed by atoms with van der Waals surface area (Å²) in [6.07, 6.45) is 0.282. The van der Waals surface area contributed by atoms with Gasteiger partial charge in [0.15, 0.2) is 0 Å². The van der Waals surface area contributed by atoms with Gasteiger partial charge in [-0.05, 0) is 38.1 Å². The molecule has 3 heteroatoms. The van der Waals surface area contributed by atoms with Crippen molar-refractivity contribution in [2.75, 3.05) is 13.2 Å². The highest BCUT2D eigenvalue weighted by Gasteiger charge is 2.23. The smallest absolute Gasteiger partial charge is 0.143 e. The second kappa shape index (κ2) is 4.50. The number of rotatable bonds is 4. The van der Waals surface area contributed by atoms with Crippen LogP contribution >= 0.6 is 0 Å². The first-order valence-electron chi connectivity index (χ1n) is 6.24. The lowest BCUT2D eigenvalue weighted by molar-refractivity contribution is 0.262. The van der Waals surface area contributed by atoms with E-state index in [9.17, 15) is 0 Å². The molecule has 2 heterocycles. The molecule has 3 nitrogen and oxygen atoms in total. The molecular formula is C15H17NO2. The van der Waals surface area contributed by atoms with Gasteiger partial charge in [0.05, 0.1) is 12.3 Å². The summed E-state index contributed by atoms with van der Waals surface area (Å²) in [5.41, 5.74) is 3.52. The molecule has 0 amide bonds. The van der Waals surface area contributed by atoms with Crippen molar-refractivity contribution < 1.29 is 9.47 Å². The minimum Gasteiger partial charge on any atom is -0.489 e. The molecule has 1 fully saturated rings. The molecule has 0 radical (unpaired) electrons. The lowest BCUT2D eigenvalue weighted by Crippen LogP contribution is -2.08. The molecule has 94 valence electrons. The minimum atomic E-state index is 0.282. The maximum Gasteiger partial charge on any atom is 0.143 e. The van der Waals surface area contributed by atoms with Crippen molar-refractivity contribution in [1.29, 1.82) is 0 Å². The van der Waals surface area contributed by atoms with E-state index in [1.54, 1.807) is 0 Å². The summed E-state index contributed by atoms with van der Waals surface area (Å²) < 4.78 is 13.2. The zero-order chi connectivity index (χ0) is 12.5. The molecule has 0 spiro atoms. The summed E-state index contributed by atoms with van der Waals surface area (Å²) in [6, 6.07) is 12.4. The molecule has 1 saturated heterocycles. The Morgan fingerprint density at radius 3 is 2.50 bits per heavy atom. The highest BCUT2D eigenvalue weighted by molar-refractivity contribution is 5.49. The summed E-state index contributed by atoms with van der Waals surface area (Å²) >= 11 is 0. The zero-order valence-electron chi connectivity index (χ0n) is 10.7. The number of epoxide rings is 1. The van der Waals surface area contributed by atoms with Crippen LogP contribution in [-0.4, -0.2) is 23.9 Å². The van der Waals surface area contributed by atoms with Crippen LogP contribution < -0.4 is 4.74 Å². The van der Waals surface area contributed by atoms with Crippen LogP contribution in [0.1, 0.15) is 11.4 Å². The predicted molar refractivity (Wildman–Crippen MR) is 70.5 cm³/mol. The van der Waals surface area contributed by atoms with Gasteiger partial charge in [0.2, 0.25) is 0 Å². The van der Waals surface area contributed by atoms with Crippen molar-refractivity contribution in [3.05, 3.63) is 47.8 Å². The lowest BCUT2D eigenvalue weighted by Gasteiger charge is -2.14. The molecule has 2 aromatic rings. The minimum absolute atomic E-state index is 0.282. The quantitative estimate of drug-likeness (QED) is 0.772. The first-order valence-corrected chi connectivity index (χ1v) is 6.24. The molecule has 1 aliphatic heterocycles. The van der Waals surface area contributed by atoms with E-state index in [-0.39, 0.29) is 6.10 Å². The summed E-state index contributed by atoms with van der Waals surface area (Å²) in [7, 11) is 0. The second-order valence-corrected chi connectivity index (χ2v) is 4.69. The molecule has 0 bridgehead atoms. The van der Waals surface area contributed by atoms with Crippen LogP contribution in [0.4, 0.5) is 0 Å². The molecule has 1 aromatic heterocycles. The van der Waals surface area contributed by atoms with E-state index < -0.39 is 0 Å². The monoisotopic (exact) mass is 243 g/mol. The molecule has 18 heavy (non-hydrogen) atoms. The Bertz CT molecular complexity index is 536. The largest absolute Gasteiger partial charge is 0.489 e. The average molecular weight is 243 g/mol. The Morgan fingerprint density at radius 2 is 1.83 bits per heavy atom. The number of aromatic nitrogens is 1. The predicted octanol–water partition coefficient (Wildman–Crippen LogP) is 2.87. The first-order chi connectivity index (χ1) is 8.75. The summed E-state index contributed by atoms with van der Waals surface area (Å²) in [5, 5.41) is 0. The number of benzene rings is 1. The Balaban J connectivity index is 1.94. The van der Waals surface area contributed by atoms with Crippen LogP contribution in [0.3, 0.4) is 0 Å². The van der Waals surface area contributed by atoms with Crippen LogP contribution in [0, 0.1) is 13.8 Å². The molecule has 1 aliphatic rings. The molecule has 0 N–H and O–H groups in total. The van der Waals surface area contributed by atoms with E-state index in [0.717, 1.165) is 18.0 Å². The highest BCUT2D eigenvalue weighted by atomic mass is 16.6. The van der Waals surface area contributed by atoms with E-state index >= 15 is 0 Å². The normalized spacial score (nSPS) is 17.8. The molecule has 0 saturated carbocycles. The summed E-state index contributed by atoms with van der Waals surface area (Å²) in [5.74, 6) is 0.912. The number of aryl methyl sites for hydroxylation is 2. The topological polar surface area (TPSA) is 26.7 Å². The molecule has 1 unspecified atom stereocenters. The molecule has 1 aromatic carbocycles. The fourth-order valence-electron chi connectivity index (χ4n) is 2.16. The lowest BCUT2D eigenvalue weighted by atomic mass is 10.2. The second-order valence-electron chi connectivity index (χ2n) is 4.69. The van der Waals surface area contributed by atoms with E-state index in [1.807, 2.05) is 18.2 Å². The van der Waals surface area contributed by atoms with Crippen molar-refractivity contribution in [3.8, 4) is 11.4 Å². The van der Waals surface area contributed by atoms with Gasteiger partial charge in [-0.15, -0.1) is 0 Å². The van der Waals surface area contributed by atoms with Gasteiger partial charge < -0.3 is 14.0 Å². The van der Waals surface area contributed by atoms with E-state index in [1.165, 1.54) is 11.4 Å². The van der Waals surface area contributed by atoms with Gasteiger partial charge in [-0.25, -0.2) is 0 Å². The number of para-hydroxylation sites is 2. The first kappa shape index (κ1) is 11.4. The van der Waals surface area contributed by atoms with Gasteiger partial charge in [-0.3, -0.25) is 0 Å². The van der Waals surface area contributed by atoms with Crippen LogP contribution in [0.25, 0.3) is 5.69 Å². The molecule has 0 aliphatic carbocycles. The third-order valence-electron chi connectivity index (χ3n) is 3.20. The van der Waals surface area contributed by atoms with Gasteiger partial charge >= 0.3 is 0 Å². The van der Waals surface area contributed by atoms with Crippen molar-refractivity contribution in [2.24, 2.45) is 0 Å². The van der Waals surface area contributed by atoms with Crippen molar-refractivity contribution >= 4 is 0 Å². The van der Waals surface area contributed by atoms with Crippen molar-refractivity contribution in [3.63, 3.8) is 0 Å². The SMILES string of the molecule is Cc1ccc(C)n1-c1ccccc1OCC1CO1. The van der Waals surface area contributed by atoms with Crippen LogP contribution in [0.5, 0.6) is 5.75 Å². The fourth-order valence-corrected chi connectivity index (χ4v) is 2.16. The zero-order valence-corrected chi connectivity index (χ0v) is 10.7. The Kier molecular flexibility index (Phi) is 2.84. The van der Waals surface area contributed by atoms with Crippen molar-refractivity contribution in [1.82, 2.24) is 4.57 Å². The van der Waals surface area contributed by atoms with Crippen LogP contribution in [0.2, 0.25) is 0 Å². The number of ether oxygens (including phenoxy) is 2.